The van der Waals surface area contributed by atoms with Crippen molar-refractivity contribution >= 4 is 28.3 Å². The van der Waals surface area contributed by atoms with E-state index < -0.39 is 0 Å². The summed E-state index contributed by atoms with van der Waals surface area (Å²) in [6.07, 6.45) is 1.17. The molecular formula is C11H19N5O2S. The predicted molar refractivity (Wildman–Crippen MR) is 74.3 cm³/mol. The van der Waals surface area contributed by atoms with Crippen LogP contribution in [0.5, 0.6) is 0 Å². The SMILES string of the molecule is CCCNC(=O)CCNC(=O)c1nnc(NCC)s1. The van der Waals surface area contributed by atoms with Gasteiger partial charge in [-0.3, -0.25) is 9.59 Å². The summed E-state index contributed by atoms with van der Waals surface area (Å²) in [5.74, 6) is -0.363. The molecule has 3 N–H and O–H groups in total. The highest BCUT2D eigenvalue weighted by Crippen LogP contribution is 2.14. The predicted octanol–water partition coefficient (Wildman–Crippen LogP) is 0.616. The normalized spacial score (nSPS) is 10.0. The Bertz CT molecular complexity index is 421. The van der Waals surface area contributed by atoms with Gasteiger partial charge < -0.3 is 16.0 Å². The van der Waals surface area contributed by atoms with Crippen molar-refractivity contribution in [2.45, 2.75) is 26.7 Å². The molecule has 0 saturated heterocycles. The average Bonchev–Trinajstić information content (AvgIpc) is 2.85. The Morgan fingerprint density at radius 2 is 1.95 bits per heavy atom. The van der Waals surface area contributed by atoms with Gasteiger partial charge in [0.25, 0.3) is 5.91 Å². The molecule has 19 heavy (non-hydrogen) atoms. The lowest BCUT2D eigenvalue weighted by Gasteiger charge is -2.04. The van der Waals surface area contributed by atoms with E-state index in [4.69, 9.17) is 0 Å². The van der Waals surface area contributed by atoms with E-state index in [1.807, 2.05) is 13.8 Å². The molecule has 0 bridgehead atoms. The highest BCUT2D eigenvalue weighted by molar-refractivity contribution is 7.17. The van der Waals surface area contributed by atoms with Gasteiger partial charge in [-0.15, -0.1) is 10.2 Å². The maximum absolute atomic E-state index is 11.7. The highest BCUT2D eigenvalue weighted by Gasteiger charge is 2.12. The Hall–Kier alpha value is -1.70. The van der Waals surface area contributed by atoms with Crippen LogP contribution >= 0.6 is 11.3 Å². The van der Waals surface area contributed by atoms with Crippen LogP contribution in [0.2, 0.25) is 0 Å². The number of amides is 2. The van der Waals surface area contributed by atoms with Crippen LogP contribution in [0.4, 0.5) is 5.13 Å². The fourth-order valence-electron chi connectivity index (χ4n) is 1.26. The Morgan fingerprint density at radius 1 is 1.16 bits per heavy atom. The van der Waals surface area contributed by atoms with Gasteiger partial charge in [-0.2, -0.15) is 0 Å². The molecule has 0 saturated carbocycles. The summed E-state index contributed by atoms with van der Waals surface area (Å²) < 4.78 is 0. The molecular weight excluding hydrogens is 266 g/mol. The van der Waals surface area contributed by atoms with E-state index in [-0.39, 0.29) is 18.2 Å². The van der Waals surface area contributed by atoms with E-state index in [0.29, 0.717) is 23.2 Å². The first-order valence-corrected chi connectivity index (χ1v) is 7.11. The van der Waals surface area contributed by atoms with E-state index in [9.17, 15) is 9.59 Å². The zero-order chi connectivity index (χ0) is 14.1. The van der Waals surface area contributed by atoms with Gasteiger partial charge in [0.2, 0.25) is 16.0 Å². The number of nitrogens with zero attached hydrogens (tertiary/aromatic N) is 2. The molecule has 1 rings (SSSR count). The fourth-order valence-corrected chi connectivity index (χ4v) is 1.98. The number of rotatable bonds is 8. The van der Waals surface area contributed by atoms with Crippen molar-refractivity contribution in [3.8, 4) is 0 Å². The van der Waals surface area contributed by atoms with Gasteiger partial charge in [-0.05, 0) is 13.3 Å². The summed E-state index contributed by atoms with van der Waals surface area (Å²) >= 11 is 1.19. The first-order chi connectivity index (χ1) is 9.17. The maximum Gasteiger partial charge on any atom is 0.282 e. The monoisotopic (exact) mass is 285 g/mol. The molecule has 0 radical (unpaired) electrons. The van der Waals surface area contributed by atoms with Crippen molar-refractivity contribution in [2.24, 2.45) is 0 Å². The lowest BCUT2D eigenvalue weighted by molar-refractivity contribution is -0.120. The van der Waals surface area contributed by atoms with Crippen LogP contribution in [-0.4, -0.2) is 41.6 Å². The van der Waals surface area contributed by atoms with Crippen LogP contribution in [-0.2, 0) is 4.79 Å². The van der Waals surface area contributed by atoms with Gasteiger partial charge >= 0.3 is 0 Å². The van der Waals surface area contributed by atoms with Gasteiger partial charge in [0.15, 0.2) is 0 Å². The summed E-state index contributed by atoms with van der Waals surface area (Å²) in [5, 5.41) is 16.9. The molecule has 1 aromatic rings. The van der Waals surface area contributed by atoms with Crippen molar-refractivity contribution in [3.63, 3.8) is 0 Å². The van der Waals surface area contributed by atoms with Crippen LogP contribution in [0.15, 0.2) is 0 Å². The molecule has 0 aliphatic carbocycles. The third kappa shape index (κ3) is 5.64. The van der Waals surface area contributed by atoms with Crippen LogP contribution in [0.3, 0.4) is 0 Å². The minimum Gasteiger partial charge on any atom is -0.360 e. The number of hydrogen-bond acceptors (Lipinski definition) is 6. The van der Waals surface area contributed by atoms with Gasteiger partial charge in [0.1, 0.15) is 0 Å². The van der Waals surface area contributed by atoms with Crippen molar-refractivity contribution in [1.82, 2.24) is 20.8 Å². The minimum absolute atomic E-state index is 0.0623. The second kappa shape index (κ2) is 8.41. The van der Waals surface area contributed by atoms with Crippen LogP contribution < -0.4 is 16.0 Å². The molecule has 0 fully saturated rings. The van der Waals surface area contributed by atoms with E-state index >= 15 is 0 Å². The fraction of sp³-hybridized carbons (Fsp3) is 0.636. The smallest absolute Gasteiger partial charge is 0.282 e. The third-order valence-electron chi connectivity index (χ3n) is 2.16. The maximum atomic E-state index is 11.7. The van der Waals surface area contributed by atoms with Gasteiger partial charge in [0, 0.05) is 26.1 Å². The topological polar surface area (TPSA) is 96.0 Å². The summed E-state index contributed by atoms with van der Waals surface area (Å²) in [4.78, 5) is 23.0. The molecule has 0 aliphatic rings. The van der Waals surface area contributed by atoms with Crippen LogP contribution in [0, 0.1) is 0 Å². The molecule has 0 atom stereocenters. The number of nitrogens with one attached hydrogen (secondary N) is 3. The van der Waals surface area contributed by atoms with Crippen LogP contribution in [0.1, 0.15) is 36.5 Å². The quantitative estimate of drug-likeness (QED) is 0.650. The second-order valence-corrected chi connectivity index (χ2v) is 4.78. The Labute approximate surface area is 116 Å². The molecule has 7 nitrogen and oxygen atoms in total. The summed E-state index contributed by atoms with van der Waals surface area (Å²) in [6, 6.07) is 0. The zero-order valence-electron chi connectivity index (χ0n) is 11.2. The number of carbonyl (C=O) groups is 2. The van der Waals surface area contributed by atoms with Crippen molar-refractivity contribution in [1.29, 1.82) is 0 Å². The molecule has 2 amide bonds. The molecule has 0 aromatic carbocycles. The van der Waals surface area contributed by atoms with Crippen molar-refractivity contribution in [3.05, 3.63) is 5.01 Å². The third-order valence-corrected chi connectivity index (χ3v) is 3.04. The second-order valence-electron chi connectivity index (χ2n) is 3.80. The lowest BCUT2D eigenvalue weighted by atomic mass is 10.3. The first-order valence-electron chi connectivity index (χ1n) is 6.29. The lowest BCUT2D eigenvalue weighted by Crippen LogP contribution is -2.31. The molecule has 1 aromatic heterocycles. The molecule has 0 aliphatic heterocycles. The number of hydrogen-bond donors (Lipinski definition) is 3. The summed E-state index contributed by atoms with van der Waals surface area (Å²) in [5.41, 5.74) is 0. The largest absolute Gasteiger partial charge is 0.360 e. The number of carbonyl (C=O) groups excluding carboxylic acids is 2. The van der Waals surface area contributed by atoms with E-state index in [0.717, 1.165) is 13.0 Å². The molecule has 0 unspecified atom stereocenters. The molecule has 0 spiro atoms. The molecule has 8 heteroatoms. The van der Waals surface area contributed by atoms with E-state index in [1.54, 1.807) is 0 Å². The number of anilines is 1. The van der Waals surface area contributed by atoms with Gasteiger partial charge in [-0.1, -0.05) is 18.3 Å². The standard InChI is InChI=1S/C11H19N5O2S/c1-3-6-13-8(17)5-7-14-9(18)10-15-16-11(19-10)12-4-2/h3-7H2,1-2H3,(H,12,16)(H,13,17)(H,14,18). The Kier molecular flexibility index (Phi) is 6.80. The van der Waals surface area contributed by atoms with Gasteiger partial charge in [-0.25, -0.2) is 0 Å². The van der Waals surface area contributed by atoms with Gasteiger partial charge in [0.05, 0.1) is 0 Å². The summed E-state index contributed by atoms with van der Waals surface area (Å²) in [6.45, 7) is 5.61. The Morgan fingerprint density at radius 3 is 2.63 bits per heavy atom. The zero-order valence-corrected chi connectivity index (χ0v) is 12.0. The highest BCUT2D eigenvalue weighted by atomic mass is 32.1. The van der Waals surface area contributed by atoms with Crippen LogP contribution in [0.25, 0.3) is 0 Å². The number of aromatic nitrogens is 2. The Balaban J connectivity index is 2.28. The van der Waals surface area contributed by atoms with Crippen molar-refractivity contribution < 1.29 is 9.59 Å². The van der Waals surface area contributed by atoms with E-state index in [2.05, 4.69) is 26.1 Å². The molecule has 1 heterocycles. The first kappa shape index (κ1) is 15.4. The van der Waals surface area contributed by atoms with E-state index in [1.165, 1.54) is 11.3 Å². The summed E-state index contributed by atoms with van der Waals surface area (Å²) in [7, 11) is 0. The molecule has 106 valence electrons. The minimum atomic E-state index is -0.301. The average molecular weight is 285 g/mol. The van der Waals surface area contributed by atoms with Crippen molar-refractivity contribution in [2.75, 3.05) is 25.0 Å².